The van der Waals surface area contributed by atoms with Gasteiger partial charge >= 0.3 is 0 Å². The van der Waals surface area contributed by atoms with Crippen molar-refractivity contribution >= 4 is 5.91 Å². The second-order valence-corrected chi connectivity index (χ2v) is 4.46. The molecule has 1 heterocycles. The van der Waals surface area contributed by atoms with Gasteiger partial charge in [-0.1, -0.05) is 12.1 Å². The van der Waals surface area contributed by atoms with E-state index in [1.165, 1.54) is 0 Å². The van der Waals surface area contributed by atoms with Gasteiger partial charge in [0, 0.05) is 13.1 Å². The number of nitrogens with zero attached hydrogens (tertiary/aromatic N) is 1. The summed E-state index contributed by atoms with van der Waals surface area (Å²) in [5.41, 5.74) is 0. The first-order valence-corrected chi connectivity index (χ1v) is 6.36. The van der Waals surface area contributed by atoms with E-state index in [2.05, 4.69) is 0 Å². The number of ether oxygens (including phenoxy) is 3. The Morgan fingerprint density at radius 3 is 2.84 bits per heavy atom. The number of hydrogen-bond donors (Lipinski definition) is 0. The van der Waals surface area contributed by atoms with E-state index in [1.54, 1.807) is 24.1 Å². The number of rotatable bonds is 4. The number of methoxy groups -OCH3 is 1. The van der Waals surface area contributed by atoms with E-state index in [0.717, 1.165) is 0 Å². The molecule has 0 aliphatic carbocycles. The number of amides is 1. The largest absolute Gasteiger partial charge is 0.493 e. The molecule has 5 heteroatoms. The van der Waals surface area contributed by atoms with E-state index in [0.29, 0.717) is 31.2 Å². The van der Waals surface area contributed by atoms with Gasteiger partial charge in [0.25, 0.3) is 5.91 Å². The maximum absolute atomic E-state index is 12.0. The van der Waals surface area contributed by atoms with Crippen molar-refractivity contribution in [3.63, 3.8) is 0 Å². The highest BCUT2D eigenvalue weighted by Gasteiger charge is 2.21. The summed E-state index contributed by atoms with van der Waals surface area (Å²) in [6.45, 7) is 3.81. The molecule has 1 saturated heterocycles. The van der Waals surface area contributed by atoms with Crippen molar-refractivity contribution in [2.45, 2.75) is 13.0 Å². The number of benzene rings is 1. The summed E-state index contributed by atoms with van der Waals surface area (Å²) in [5.74, 6) is 1.19. The van der Waals surface area contributed by atoms with Crippen LogP contribution in [0.3, 0.4) is 0 Å². The topological polar surface area (TPSA) is 48.0 Å². The molecule has 1 aliphatic rings. The van der Waals surface area contributed by atoms with Crippen molar-refractivity contribution < 1.29 is 19.0 Å². The summed E-state index contributed by atoms with van der Waals surface area (Å²) in [4.78, 5) is 13.8. The average Bonchev–Trinajstić information content (AvgIpc) is 2.45. The van der Waals surface area contributed by atoms with E-state index in [-0.39, 0.29) is 18.6 Å². The van der Waals surface area contributed by atoms with E-state index in [9.17, 15) is 4.79 Å². The van der Waals surface area contributed by atoms with Crippen LogP contribution < -0.4 is 9.47 Å². The molecule has 104 valence electrons. The van der Waals surface area contributed by atoms with Gasteiger partial charge in [-0.25, -0.2) is 0 Å². The molecule has 2 rings (SSSR count). The molecule has 5 nitrogen and oxygen atoms in total. The van der Waals surface area contributed by atoms with E-state index in [4.69, 9.17) is 14.2 Å². The third-order valence-electron chi connectivity index (χ3n) is 3.01. The first-order chi connectivity index (χ1) is 9.20. The van der Waals surface area contributed by atoms with Crippen LogP contribution >= 0.6 is 0 Å². The Hall–Kier alpha value is -1.75. The molecule has 0 bridgehead atoms. The lowest BCUT2D eigenvalue weighted by Crippen LogP contribution is -2.46. The third-order valence-corrected chi connectivity index (χ3v) is 3.01. The Morgan fingerprint density at radius 1 is 1.42 bits per heavy atom. The van der Waals surface area contributed by atoms with Crippen molar-refractivity contribution in [3.8, 4) is 11.5 Å². The molecule has 1 atom stereocenters. The Morgan fingerprint density at radius 2 is 2.16 bits per heavy atom. The highest BCUT2D eigenvalue weighted by Crippen LogP contribution is 2.25. The number of carbonyl (C=O) groups is 1. The van der Waals surface area contributed by atoms with Gasteiger partial charge in [-0.3, -0.25) is 4.79 Å². The van der Waals surface area contributed by atoms with Crippen LogP contribution in [0.2, 0.25) is 0 Å². The first kappa shape index (κ1) is 13.7. The van der Waals surface area contributed by atoms with Gasteiger partial charge in [0.1, 0.15) is 0 Å². The van der Waals surface area contributed by atoms with Crippen molar-refractivity contribution in [2.75, 3.05) is 33.4 Å². The zero-order chi connectivity index (χ0) is 13.7. The highest BCUT2D eigenvalue weighted by molar-refractivity contribution is 5.78. The smallest absolute Gasteiger partial charge is 0.260 e. The first-order valence-electron chi connectivity index (χ1n) is 6.36. The van der Waals surface area contributed by atoms with Crippen LogP contribution in [0.25, 0.3) is 0 Å². The fourth-order valence-electron chi connectivity index (χ4n) is 2.01. The second-order valence-electron chi connectivity index (χ2n) is 4.46. The van der Waals surface area contributed by atoms with Gasteiger partial charge in [0.2, 0.25) is 0 Å². The summed E-state index contributed by atoms with van der Waals surface area (Å²) < 4.78 is 16.1. The molecule has 19 heavy (non-hydrogen) atoms. The molecular formula is C14H19NO4. The average molecular weight is 265 g/mol. The number of hydrogen-bond acceptors (Lipinski definition) is 4. The van der Waals surface area contributed by atoms with Crippen LogP contribution in [-0.4, -0.2) is 50.3 Å². The molecule has 1 amide bonds. The second kappa shape index (κ2) is 6.43. The van der Waals surface area contributed by atoms with Gasteiger partial charge in [-0.05, 0) is 19.1 Å². The lowest BCUT2D eigenvalue weighted by molar-refractivity contribution is -0.140. The fourth-order valence-corrected chi connectivity index (χ4v) is 2.01. The quantitative estimate of drug-likeness (QED) is 0.824. The zero-order valence-corrected chi connectivity index (χ0v) is 11.3. The Bertz CT molecular complexity index is 435. The molecule has 0 N–H and O–H groups in total. The molecule has 1 aliphatic heterocycles. The molecule has 1 aromatic rings. The Labute approximate surface area is 113 Å². The number of para-hydroxylation sites is 2. The third kappa shape index (κ3) is 3.61. The van der Waals surface area contributed by atoms with Crippen molar-refractivity contribution in [2.24, 2.45) is 0 Å². The summed E-state index contributed by atoms with van der Waals surface area (Å²) >= 11 is 0. The monoisotopic (exact) mass is 265 g/mol. The molecule has 0 saturated carbocycles. The van der Waals surface area contributed by atoms with Gasteiger partial charge in [0.05, 0.1) is 19.8 Å². The van der Waals surface area contributed by atoms with Crippen LogP contribution in [0.5, 0.6) is 11.5 Å². The fraction of sp³-hybridized carbons (Fsp3) is 0.500. The van der Waals surface area contributed by atoms with E-state index >= 15 is 0 Å². The van der Waals surface area contributed by atoms with Gasteiger partial charge < -0.3 is 19.1 Å². The zero-order valence-electron chi connectivity index (χ0n) is 11.3. The standard InChI is InChI=1S/C14H19NO4/c1-11-9-15(7-8-18-11)14(16)10-19-13-6-4-3-5-12(13)17-2/h3-6,11H,7-10H2,1-2H3. The van der Waals surface area contributed by atoms with Gasteiger partial charge in [-0.15, -0.1) is 0 Å². The lowest BCUT2D eigenvalue weighted by Gasteiger charge is -2.31. The molecule has 1 unspecified atom stereocenters. The number of morpholine rings is 1. The summed E-state index contributed by atoms with van der Waals surface area (Å²) in [7, 11) is 1.58. The minimum atomic E-state index is -0.0268. The predicted octanol–water partition coefficient (Wildman–Crippen LogP) is 1.32. The minimum absolute atomic E-state index is 0.0209. The maximum atomic E-state index is 12.0. The van der Waals surface area contributed by atoms with Crippen LogP contribution in [-0.2, 0) is 9.53 Å². The molecule has 0 spiro atoms. The van der Waals surface area contributed by atoms with Gasteiger partial charge in [-0.2, -0.15) is 0 Å². The van der Waals surface area contributed by atoms with Crippen molar-refractivity contribution in [1.82, 2.24) is 4.90 Å². The molecule has 1 fully saturated rings. The van der Waals surface area contributed by atoms with Crippen LogP contribution in [0, 0.1) is 0 Å². The normalized spacial score (nSPS) is 19.1. The van der Waals surface area contributed by atoms with Gasteiger partial charge in [0.15, 0.2) is 18.1 Å². The Kier molecular flexibility index (Phi) is 4.63. The minimum Gasteiger partial charge on any atom is -0.493 e. The lowest BCUT2D eigenvalue weighted by atomic mass is 10.3. The summed E-state index contributed by atoms with van der Waals surface area (Å²) in [6, 6.07) is 7.29. The van der Waals surface area contributed by atoms with Crippen molar-refractivity contribution in [1.29, 1.82) is 0 Å². The van der Waals surface area contributed by atoms with E-state index < -0.39 is 0 Å². The number of carbonyl (C=O) groups excluding carboxylic acids is 1. The summed E-state index contributed by atoms with van der Waals surface area (Å²) in [5, 5.41) is 0. The predicted molar refractivity (Wildman–Crippen MR) is 70.5 cm³/mol. The Balaban J connectivity index is 1.89. The van der Waals surface area contributed by atoms with Crippen molar-refractivity contribution in [3.05, 3.63) is 24.3 Å². The van der Waals surface area contributed by atoms with Crippen LogP contribution in [0.15, 0.2) is 24.3 Å². The molecule has 1 aromatic carbocycles. The SMILES string of the molecule is COc1ccccc1OCC(=O)N1CCOC(C)C1. The van der Waals surface area contributed by atoms with Crippen LogP contribution in [0.4, 0.5) is 0 Å². The summed E-state index contributed by atoms with van der Waals surface area (Å²) in [6.07, 6.45) is 0.0870. The van der Waals surface area contributed by atoms with Crippen LogP contribution in [0.1, 0.15) is 6.92 Å². The maximum Gasteiger partial charge on any atom is 0.260 e. The molecule has 0 radical (unpaired) electrons. The molecule has 0 aromatic heterocycles. The van der Waals surface area contributed by atoms with E-state index in [1.807, 2.05) is 19.1 Å². The highest BCUT2D eigenvalue weighted by atomic mass is 16.5. The molecular weight excluding hydrogens is 246 g/mol.